The number of halogens is 2. The molecule has 3 atom stereocenters. The van der Waals surface area contributed by atoms with Crippen LogP contribution >= 0.6 is 23.2 Å². The lowest BCUT2D eigenvalue weighted by Crippen LogP contribution is -2.45. The topological polar surface area (TPSA) is 72.2 Å². The molecule has 0 radical (unpaired) electrons. The molecule has 2 aromatic carbocycles. The fourth-order valence-corrected chi connectivity index (χ4v) is 4.66. The minimum Gasteiger partial charge on any atom is -0.398 e. The Morgan fingerprint density at radius 2 is 1.96 bits per heavy atom. The van der Waals surface area contributed by atoms with E-state index in [0.29, 0.717) is 21.3 Å². The third-order valence-electron chi connectivity index (χ3n) is 5.57. The number of hydrogen-bond donors (Lipinski definition) is 2. The summed E-state index contributed by atoms with van der Waals surface area (Å²) in [5, 5.41) is 3.98. The number of carbonyl (C=O) groups excluding carboxylic acids is 2. The Labute approximate surface area is 174 Å². The Hall–Kier alpha value is -2.30. The van der Waals surface area contributed by atoms with Crippen LogP contribution in [0.15, 0.2) is 54.6 Å². The first-order chi connectivity index (χ1) is 13.3. The maximum Gasteiger partial charge on any atom is 0.220 e. The van der Waals surface area contributed by atoms with Crippen LogP contribution in [0.4, 0.5) is 5.69 Å². The van der Waals surface area contributed by atoms with Gasteiger partial charge in [-0.15, -0.1) is 0 Å². The summed E-state index contributed by atoms with van der Waals surface area (Å²) in [6.45, 7) is 6.20. The van der Waals surface area contributed by atoms with E-state index in [0.717, 1.165) is 17.4 Å². The standard InChI is InChI=1S/C22H22Cl2N2O2/c1-13(2)18-10-21(28)26-11-19(14-4-3-5-15(23)8-14)22(18,12-27)17-7-6-16(24)9-20(17)25/h3-9,12,18-19H,1,10-11,25H2,2H3,(H,26,28)/t18-,19+,22+/m0/s1. The van der Waals surface area contributed by atoms with Crippen molar-refractivity contribution in [1.29, 1.82) is 0 Å². The summed E-state index contributed by atoms with van der Waals surface area (Å²) in [7, 11) is 0. The quantitative estimate of drug-likeness (QED) is 0.437. The van der Waals surface area contributed by atoms with Crippen molar-refractivity contribution in [3.05, 3.63) is 75.8 Å². The Balaban J connectivity index is 2.34. The minimum atomic E-state index is -1.09. The second kappa shape index (κ2) is 7.98. The van der Waals surface area contributed by atoms with Gasteiger partial charge in [-0.2, -0.15) is 0 Å². The van der Waals surface area contributed by atoms with Crippen LogP contribution in [0.25, 0.3) is 0 Å². The molecule has 4 nitrogen and oxygen atoms in total. The molecule has 28 heavy (non-hydrogen) atoms. The maximum absolute atomic E-state index is 12.9. The minimum absolute atomic E-state index is 0.128. The third kappa shape index (κ3) is 3.54. The van der Waals surface area contributed by atoms with Gasteiger partial charge in [0.15, 0.2) is 0 Å². The monoisotopic (exact) mass is 416 g/mol. The van der Waals surface area contributed by atoms with E-state index in [2.05, 4.69) is 11.9 Å². The fraction of sp³-hybridized carbons (Fsp3) is 0.273. The van der Waals surface area contributed by atoms with Crippen LogP contribution in [0, 0.1) is 5.92 Å². The van der Waals surface area contributed by atoms with Crippen molar-refractivity contribution in [2.75, 3.05) is 12.3 Å². The highest BCUT2D eigenvalue weighted by molar-refractivity contribution is 6.31. The molecule has 0 unspecified atom stereocenters. The zero-order valence-corrected chi connectivity index (χ0v) is 17.1. The molecule has 0 aromatic heterocycles. The molecule has 0 aliphatic carbocycles. The van der Waals surface area contributed by atoms with Crippen LogP contribution < -0.4 is 11.1 Å². The van der Waals surface area contributed by atoms with Crippen LogP contribution in [0.1, 0.15) is 30.4 Å². The predicted molar refractivity (Wildman–Crippen MR) is 114 cm³/mol. The van der Waals surface area contributed by atoms with Gasteiger partial charge >= 0.3 is 0 Å². The van der Waals surface area contributed by atoms with E-state index in [9.17, 15) is 9.59 Å². The number of nitrogens with two attached hydrogens (primary N) is 1. The summed E-state index contributed by atoms with van der Waals surface area (Å²) in [4.78, 5) is 25.3. The summed E-state index contributed by atoms with van der Waals surface area (Å²) < 4.78 is 0. The number of carbonyl (C=O) groups is 2. The van der Waals surface area contributed by atoms with Gasteiger partial charge in [0.2, 0.25) is 5.91 Å². The second-order valence-electron chi connectivity index (χ2n) is 7.30. The Morgan fingerprint density at radius 3 is 2.57 bits per heavy atom. The molecule has 1 fully saturated rings. The number of anilines is 1. The molecule has 1 saturated heterocycles. The van der Waals surface area contributed by atoms with Crippen LogP contribution in [-0.2, 0) is 15.0 Å². The average Bonchev–Trinajstić information content (AvgIpc) is 2.79. The Bertz CT molecular complexity index is 944. The van der Waals surface area contributed by atoms with E-state index in [4.69, 9.17) is 28.9 Å². The molecule has 6 heteroatoms. The highest BCUT2D eigenvalue weighted by Gasteiger charge is 2.51. The van der Waals surface area contributed by atoms with Crippen molar-refractivity contribution in [2.45, 2.75) is 24.7 Å². The normalized spacial score (nSPS) is 24.9. The largest absolute Gasteiger partial charge is 0.398 e. The van der Waals surface area contributed by atoms with Gasteiger partial charge in [0.25, 0.3) is 0 Å². The first kappa shape index (κ1) is 20.4. The summed E-state index contributed by atoms with van der Waals surface area (Å²) in [6, 6.07) is 12.5. The lowest BCUT2D eigenvalue weighted by molar-refractivity contribution is -0.121. The Kier molecular flexibility index (Phi) is 5.82. The average molecular weight is 417 g/mol. The third-order valence-corrected chi connectivity index (χ3v) is 6.04. The molecular weight excluding hydrogens is 395 g/mol. The van der Waals surface area contributed by atoms with Gasteiger partial charge in [-0.3, -0.25) is 4.79 Å². The van der Waals surface area contributed by atoms with Crippen molar-refractivity contribution < 1.29 is 9.59 Å². The van der Waals surface area contributed by atoms with Gasteiger partial charge in [0, 0.05) is 40.5 Å². The molecule has 2 aromatic rings. The van der Waals surface area contributed by atoms with Gasteiger partial charge in [-0.05, 0) is 42.3 Å². The lowest BCUT2D eigenvalue weighted by atomic mass is 9.59. The lowest BCUT2D eigenvalue weighted by Gasteiger charge is -2.42. The van der Waals surface area contributed by atoms with Gasteiger partial charge < -0.3 is 15.8 Å². The summed E-state index contributed by atoms with van der Waals surface area (Å²) >= 11 is 12.3. The summed E-state index contributed by atoms with van der Waals surface area (Å²) in [5.41, 5.74) is 7.87. The smallest absolute Gasteiger partial charge is 0.220 e. The van der Waals surface area contributed by atoms with E-state index in [1.54, 1.807) is 24.3 Å². The van der Waals surface area contributed by atoms with E-state index >= 15 is 0 Å². The molecule has 1 aliphatic rings. The van der Waals surface area contributed by atoms with Gasteiger partial charge in [-0.25, -0.2) is 0 Å². The molecule has 0 saturated carbocycles. The van der Waals surface area contributed by atoms with Crippen molar-refractivity contribution >= 4 is 41.1 Å². The van der Waals surface area contributed by atoms with Crippen LogP contribution in [0.2, 0.25) is 10.0 Å². The molecule has 0 bridgehead atoms. The SMILES string of the molecule is C=C(C)[C@@H]1CC(=O)NC[C@H](c2cccc(Cl)c2)[C@]1(C=O)c1ccc(Cl)cc1N. The number of amides is 1. The molecular formula is C22H22Cl2N2O2. The zero-order chi connectivity index (χ0) is 20.5. The zero-order valence-electron chi connectivity index (χ0n) is 15.5. The number of hydrogen-bond acceptors (Lipinski definition) is 3. The highest BCUT2D eigenvalue weighted by atomic mass is 35.5. The number of nitrogens with one attached hydrogen (secondary N) is 1. The molecule has 1 amide bonds. The van der Waals surface area contributed by atoms with E-state index < -0.39 is 11.3 Å². The van der Waals surface area contributed by atoms with Crippen molar-refractivity contribution in [3.63, 3.8) is 0 Å². The number of aldehydes is 1. The molecule has 3 rings (SSSR count). The Morgan fingerprint density at radius 1 is 1.25 bits per heavy atom. The second-order valence-corrected chi connectivity index (χ2v) is 8.17. The number of allylic oxidation sites excluding steroid dienone is 1. The van der Waals surface area contributed by atoms with E-state index in [1.165, 1.54) is 0 Å². The molecule has 3 N–H and O–H groups in total. The molecule has 1 heterocycles. The number of rotatable bonds is 4. The molecule has 1 aliphatic heterocycles. The van der Waals surface area contributed by atoms with E-state index in [-0.39, 0.29) is 24.8 Å². The number of benzene rings is 2. The first-order valence-corrected chi connectivity index (χ1v) is 9.74. The summed E-state index contributed by atoms with van der Waals surface area (Å²) in [6.07, 6.45) is 1.06. The maximum atomic E-state index is 12.9. The molecule has 146 valence electrons. The van der Waals surface area contributed by atoms with Gasteiger partial charge in [0.1, 0.15) is 6.29 Å². The van der Waals surface area contributed by atoms with Gasteiger partial charge in [-0.1, -0.05) is 53.6 Å². The van der Waals surface area contributed by atoms with Gasteiger partial charge in [0.05, 0.1) is 5.41 Å². The van der Waals surface area contributed by atoms with Crippen molar-refractivity contribution in [1.82, 2.24) is 5.32 Å². The fourth-order valence-electron chi connectivity index (χ4n) is 4.28. The van der Waals surface area contributed by atoms with E-state index in [1.807, 2.05) is 25.1 Å². The summed E-state index contributed by atoms with van der Waals surface area (Å²) in [5.74, 6) is -0.934. The molecule has 0 spiro atoms. The van der Waals surface area contributed by atoms with Crippen LogP contribution in [-0.4, -0.2) is 18.7 Å². The first-order valence-electron chi connectivity index (χ1n) is 8.99. The number of nitrogen functional groups attached to an aromatic ring is 1. The predicted octanol–water partition coefficient (Wildman–Crippen LogP) is 4.51. The van der Waals surface area contributed by atoms with Crippen LogP contribution in [0.5, 0.6) is 0 Å². The van der Waals surface area contributed by atoms with Crippen molar-refractivity contribution in [2.24, 2.45) is 5.92 Å². The highest BCUT2D eigenvalue weighted by Crippen LogP contribution is 2.50. The van der Waals surface area contributed by atoms with Crippen LogP contribution in [0.3, 0.4) is 0 Å². The van der Waals surface area contributed by atoms with Crippen molar-refractivity contribution in [3.8, 4) is 0 Å².